The number of amides is 2. The second kappa shape index (κ2) is 9.42. The molecule has 0 unspecified atom stereocenters. The van der Waals surface area contributed by atoms with Gasteiger partial charge in [0.1, 0.15) is 12.4 Å². The Morgan fingerprint density at radius 2 is 1.84 bits per heavy atom. The summed E-state index contributed by atoms with van der Waals surface area (Å²) < 4.78 is 6.98. The fourth-order valence-electron chi connectivity index (χ4n) is 3.29. The Hall–Kier alpha value is -3.35. The molecular formula is C25H32N4O3. The van der Waals surface area contributed by atoms with Crippen LogP contribution in [0.5, 0.6) is 0 Å². The van der Waals surface area contributed by atoms with E-state index < -0.39 is 0 Å². The minimum Gasteiger partial charge on any atom is -0.459 e. The van der Waals surface area contributed by atoms with Crippen LogP contribution in [0.1, 0.15) is 56.4 Å². The molecule has 7 heteroatoms. The summed E-state index contributed by atoms with van der Waals surface area (Å²) in [5, 5.41) is 7.70. The van der Waals surface area contributed by atoms with Crippen LogP contribution in [0.4, 0.5) is 5.82 Å². The van der Waals surface area contributed by atoms with E-state index in [-0.39, 0.29) is 35.5 Å². The standard InChI is InChI=1S/C25H32N4O3/c1-17(2)15-28(24(31)20-8-7-13-32-20)16-23(30)26-22-14-21(25(4,5)6)27-29(22)19-11-9-18(3)10-12-19/h7-14,17H,15-16H2,1-6H3,(H,26,30). The lowest BCUT2D eigenvalue weighted by Gasteiger charge is -2.23. The zero-order valence-corrected chi connectivity index (χ0v) is 19.7. The lowest BCUT2D eigenvalue weighted by atomic mass is 9.92. The van der Waals surface area contributed by atoms with Crippen molar-refractivity contribution in [2.75, 3.05) is 18.4 Å². The first kappa shape index (κ1) is 23.3. The van der Waals surface area contributed by atoms with Gasteiger partial charge < -0.3 is 14.6 Å². The molecule has 0 fully saturated rings. The smallest absolute Gasteiger partial charge is 0.290 e. The number of benzene rings is 1. The van der Waals surface area contributed by atoms with Gasteiger partial charge >= 0.3 is 0 Å². The van der Waals surface area contributed by atoms with Gasteiger partial charge in [-0.1, -0.05) is 52.3 Å². The number of hydrogen-bond acceptors (Lipinski definition) is 4. The van der Waals surface area contributed by atoms with Crippen LogP contribution in [0.15, 0.2) is 53.1 Å². The predicted molar refractivity (Wildman–Crippen MR) is 125 cm³/mol. The van der Waals surface area contributed by atoms with E-state index >= 15 is 0 Å². The maximum Gasteiger partial charge on any atom is 0.290 e. The van der Waals surface area contributed by atoms with Gasteiger partial charge in [0, 0.05) is 18.0 Å². The highest BCUT2D eigenvalue weighted by molar-refractivity contribution is 5.97. The minimum atomic E-state index is -0.304. The van der Waals surface area contributed by atoms with Crippen molar-refractivity contribution >= 4 is 17.6 Å². The molecule has 1 aromatic carbocycles. The summed E-state index contributed by atoms with van der Waals surface area (Å²) in [6.45, 7) is 12.6. The normalized spacial score (nSPS) is 11.6. The van der Waals surface area contributed by atoms with Crippen LogP contribution in [0.25, 0.3) is 5.69 Å². The molecule has 3 aromatic rings. The van der Waals surface area contributed by atoms with Crippen molar-refractivity contribution in [2.24, 2.45) is 5.92 Å². The molecule has 2 amide bonds. The van der Waals surface area contributed by atoms with Gasteiger partial charge in [-0.05, 0) is 37.1 Å². The zero-order valence-electron chi connectivity index (χ0n) is 19.7. The van der Waals surface area contributed by atoms with Crippen molar-refractivity contribution in [3.05, 3.63) is 65.7 Å². The second-order valence-electron chi connectivity index (χ2n) is 9.52. The number of aryl methyl sites for hydroxylation is 1. The molecule has 7 nitrogen and oxygen atoms in total. The lowest BCUT2D eigenvalue weighted by Crippen LogP contribution is -2.40. The molecule has 1 N–H and O–H groups in total. The Kier molecular flexibility index (Phi) is 6.87. The monoisotopic (exact) mass is 436 g/mol. The van der Waals surface area contributed by atoms with Gasteiger partial charge in [0.05, 0.1) is 17.6 Å². The third kappa shape index (κ3) is 5.66. The Bertz CT molecular complexity index is 1060. The summed E-state index contributed by atoms with van der Waals surface area (Å²) in [5.74, 6) is 0.393. The third-order valence-corrected chi connectivity index (χ3v) is 4.96. The molecule has 0 atom stereocenters. The number of carbonyl (C=O) groups is 2. The van der Waals surface area contributed by atoms with Gasteiger partial charge in [-0.15, -0.1) is 0 Å². The molecule has 0 aliphatic rings. The van der Waals surface area contributed by atoms with E-state index in [1.165, 1.54) is 11.2 Å². The van der Waals surface area contributed by atoms with Crippen LogP contribution in [-0.2, 0) is 10.2 Å². The van der Waals surface area contributed by atoms with Crippen LogP contribution < -0.4 is 5.32 Å². The van der Waals surface area contributed by atoms with E-state index in [0.717, 1.165) is 16.9 Å². The van der Waals surface area contributed by atoms with Crippen LogP contribution >= 0.6 is 0 Å². The number of hydrogen-bond donors (Lipinski definition) is 1. The molecule has 0 saturated carbocycles. The van der Waals surface area contributed by atoms with Crippen LogP contribution in [0.3, 0.4) is 0 Å². The molecule has 170 valence electrons. The van der Waals surface area contributed by atoms with Gasteiger partial charge in [-0.3, -0.25) is 9.59 Å². The highest BCUT2D eigenvalue weighted by Gasteiger charge is 2.24. The fourth-order valence-corrected chi connectivity index (χ4v) is 3.29. The highest BCUT2D eigenvalue weighted by Crippen LogP contribution is 2.26. The Labute approximate surface area is 189 Å². The fraction of sp³-hybridized carbons (Fsp3) is 0.400. The number of furan rings is 1. The van der Waals surface area contributed by atoms with Crippen LogP contribution in [0.2, 0.25) is 0 Å². The Morgan fingerprint density at radius 1 is 1.16 bits per heavy atom. The molecule has 3 rings (SSSR count). The first-order valence-corrected chi connectivity index (χ1v) is 10.8. The topological polar surface area (TPSA) is 80.4 Å². The number of nitrogens with one attached hydrogen (secondary N) is 1. The molecule has 0 saturated heterocycles. The number of nitrogens with zero attached hydrogens (tertiary/aromatic N) is 3. The average molecular weight is 437 g/mol. The molecule has 0 aliphatic heterocycles. The molecule has 0 aliphatic carbocycles. The van der Waals surface area contributed by atoms with E-state index in [4.69, 9.17) is 9.52 Å². The zero-order chi connectivity index (χ0) is 23.5. The van der Waals surface area contributed by atoms with E-state index in [1.54, 1.807) is 16.8 Å². The van der Waals surface area contributed by atoms with E-state index in [2.05, 4.69) is 26.1 Å². The van der Waals surface area contributed by atoms with Crippen LogP contribution in [0, 0.1) is 12.8 Å². The van der Waals surface area contributed by atoms with Gasteiger partial charge in [0.15, 0.2) is 5.76 Å². The SMILES string of the molecule is Cc1ccc(-n2nc(C(C)(C)C)cc2NC(=O)CN(CC(C)C)C(=O)c2ccco2)cc1. The predicted octanol–water partition coefficient (Wildman–Crippen LogP) is 4.81. The van der Waals surface area contributed by atoms with Crippen molar-refractivity contribution in [3.8, 4) is 5.69 Å². The number of aromatic nitrogens is 2. The first-order valence-electron chi connectivity index (χ1n) is 10.8. The maximum atomic E-state index is 13.0. The molecule has 2 heterocycles. The molecule has 2 aromatic heterocycles. The number of rotatable bonds is 7. The van der Waals surface area contributed by atoms with Gasteiger partial charge in [0.2, 0.25) is 5.91 Å². The quantitative estimate of drug-likeness (QED) is 0.576. The van der Waals surface area contributed by atoms with Crippen LogP contribution in [-0.4, -0.2) is 39.6 Å². The van der Waals surface area contributed by atoms with Gasteiger partial charge in [-0.2, -0.15) is 5.10 Å². The van der Waals surface area contributed by atoms with Gasteiger partial charge in [0.25, 0.3) is 5.91 Å². The van der Waals surface area contributed by atoms with Crippen molar-refractivity contribution in [1.29, 1.82) is 0 Å². The van der Waals surface area contributed by atoms with Crippen molar-refractivity contribution in [2.45, 2.75) is 47.0 Å². The van der Waals surface area contributed by atoms with Gasteiger partial charge in [-0.25, -0.2) is 4.68 Å². The number of anilines is 1. The Balaban J connectivity index is 1.85. The van der Waals surface area contributed by atoms with E-state index in [0.29, 0.717) is 12.4 Å². The second-order valence-corrected chi connectivity index (χ2v) is 9.52. The largest absolute Gasteiger partial charge is 0.459 e. The summed E-state index contributed by atoms with van der Waals surface area (Å²) >= 11 is 0. The Morgan fingerprint density at radius 3 is 2.41 bits per heavy atom. The molecule has 0 radical (unpaired) electrons. The summed E-state index contributed by atoms with van der Waals surface area (Å²) in [6, 6.07) is 13.1. The molecule has 0 spiro atoms. The molecular weight excluding hydrogens is 404 g/mol. The van der Waals surface area contributed by atoms with Crippen molar-refractivity contribution in [1.82, 2.24) is 14.7 Å². The summed E-state index contributed by atoms with van der Waals surface area (Å²) in [7, 11) is 0. The first-order chi connectivity index (χ1) is 15.0. The van der Waals surface area contributed by atoms with Crippen molar-refractivity contribution in [3.63, 3.8) is 0 Å². The lowest BCUT2D eigenvalue weighted by molar-refractivity contribution is -0.117. The molecule has 0 bridgehead atoms. The summed E-state index contributed by atoms with van der Waals surface area (Å²) in [4.78, 5) is 27.3. The number of carbonyl (C=O) groups excluding carboxylic acids is 2. The summed E-state index contributed by atoms with van der Waals surface area (Å²) in [6.07, 6.45) is 1.45. The summed E-state index contributed by atoms with van der Waals surface area (Å²) in [5.41, 5.74) is 2.67. The maximum absolute atomic E-state index is 13.0. The highest BCUT2D eigenvalue weighted by atomic mass is 16.3. The average Bonchev–Trinajstić information content (AvgIpc) is 3.37. The van der Waals surface area contributed by atoms with Crippen molar-refractivity contribution < 1.29 is 14.0 Å². The minimum absolute atomic E-state index is 0.0817. The van der Waals surface area contributed by atoms with E-state index in [9.17, 15) is 9.59 Å². The molecule has 32 heavy (non-hydrogen) atoms. The third-order valence-electron chi connectivity index (χ3n) is 4.96. The van der Waals surface area contributed by atoms with E-state index in [1.807, 2.05) is 51.1 Å².